The molecule has 26 heavy (non-hydrogen) atoms. The topological polar surface area (TPSA) is 41.6 Å². The first-order valence-corrected chi connectivity index (χ1v) is 9.25. The number of amides is 1. The smallest absolute Gasteiger partial charge is 0.260 e. The van der Waals surface area contributed by atoms with Crippen LogP contribution in [0.5, 0.6) is 5.75 Å². The third-order valence-corrected chi connectivity index (χ3v) is 4.73. The SMILES string of the molecule is CC(C)(C)c1ccccc1OCC(=O)N1CCC(Nc2ccccc2)C1. The summed E-state index contributed by atoms with van der Waals surface area (Å²) in [6, 6.07) is 18.4. The van der Waals surface area contributed by atoms with Gasteiger partial charge >= 0.3 is 0 Å². The van der Waals surface area contributed by atoms with E-state index in [1.54, 1.807) is 0 Å². The predicted octanol–water partition coefficient (Wildman–Crippen LogP) is 4.08. The van der Waals surface area contributed by atoms with E-state index in [-0.39, 0.29) is 17.9 Å². The largest absolute Gasteiger partial charge is 0.483 e. The van der Waals surface area contributed by atoms with Gasteiger partial charge in [0, 0.05) is 24.8 Å². The number of benzene rings is 2. The van der Waals surface area contributed by atoms with Gasteiger partial charge in [0.25, 0.3) is 5.91 Å². The van der Waals surface area contributed by atoms with Crippen LogP contribution in [0.25, 0.3) is 0 Å². The molecule has 1 fully saturated rings. The Morgan fingerprint density at radius 1 is 1.12 bits per heavy atom. The van der Waals surface area contributed by atoms with Crippen LogP contribution in [0.1, 0.15) is 32.8 Å². The van der Waals surface area contributed by atoms with Crippen LogP contribution in [0, 0.1) is 0 Å². The first-order valence-electron chi connectivity index (χ1n) is 9.25. The number of rotatable bonds is 5. The van der Waals surface area contributed by atoms with Crippen LogP contribution in [0.2, 0.25) is 0 Å². The monoisotopic (exact) mass is 352 g/mol. The number of hydrogen-bond donors (Lipinski definition) is 1. The summed E-state index contributed by atoms with van der Waals surface area (Å²) in [5, 5.41) is 3.49. The van der Waals surface area contributed by atoms with Gasteiger partial charge in [0.2, 0.25) is 0 Å². The van der Waals surface area contributed by atoms with Crippen LogP contribution in [-0.2, 0) is 10.2 Å². The average molecular weight is 352 g/mol. The maximum atomic E-state index is 12.6. The Hall–Kier alpha value is -2.49. The molecule has 1 unspecified atom stereocenters. The molecule has 1 heterocycles. The molecule has 0 aliphatic carbocycles. The molecule has 0 radical (unpaired) electrons. The van der Waals surface area contributed by atoms with E-state index in [1.165, 1.54) is 0 Å². The highest BCUT2D eigenvalue weighted by molar-refractivity contribution is 5.78. The van der Waals surface area contributed by atoms with E-state index in [4.69, 9.17) is 4.74 Å². The second kappa shape index (κ2) is 7.81. The van der Waals surface area contributed by atoms with E-state index >= 15 is 0 Å². The molecule has 1 amide bonds. The second-order valence-corrected chi connectivity index (χ2v) is 7.87. The Morgan fingerprint density at radius 3 is 2.54 bits per heavy atom. The van der Waals surface area contributed by atoms with E-state index in [9.17, 15) is 4.79 Å². The van der Waals surface area contributed by atoms with Gasteiger partial charge in [-0.25, -0.2) is 0 Å². The summed E-state index contributed by atoms with van der Waals surface area (Å²) >= 11 is 0. The lowest BCUT2D eigenvalue weighted by Crippen LogP contribution is -2.35. The van der Waals surface area contributed by atoms with Gasteiger partial charge in [0.1, 0.15) is 5.75 Å². The molecule has 4 nitrogen and oxygen atoms in total. The summed E-state index contributed by atoms with van der Waals surface area (Å²) in [5.41, 5.74) is 2.21. The van der Waals surface area contributed by atoms with Crippen molar-refractivity contribution in [1.29, 1.82) is 0 Å². The van der Waals surface area contributed by atoms with Crippen molar-refractivity contribution in [3.05, 3.63) is 60.2 Å². The molecule has 3 rings (SSSR count). The number of nitrogens with one attached hydrogen (secondary N) is 1. The molecule has 2 aromatic carbocycles. The third-order valence-electron chi connectivity index (χ3n) is 4.73. The van der Waals surface area contributed by atoms with Gasteiger partial charge in [-0.15, -0.1) is 0 Å². The van der Waals surface area contributed by atoms with Gasteiger partial charge < -0.3 is 15.0 Å². The highest BCUT2D eigenvalue weighted by Gasteiger charge is 2.27. The minimum Gasteiger partial charge on any atom is -0.483 e. The third kappa shape index (κ3) is 4.57. The lowest BCUT2D eigenvalue weighted by molar-refractivity contribution is -0.132. The predicted molar refractivity (Wildman–Crippen MR) is 106 cm³/mol. The van der Waals surface area contributed by atoms with Gasteiger partial charge in [0.05, 0.1) is 0 Å². The van der Waals surface area contributed by atoms with Gasteiger partial charge in [0.15, 0.2) is 6.61 Å². The number of likely N-dealkylation sites (tertiary alicyclic amines) is 1. The summed E-state index contributed by atoms with van der Waals surface area (Å²) < 4.78 is 5.88. The van der Waals surface area contributed by atoms with Crippen LogP contribution in [0.4, 0.5) is 5.69 Å². The Kier molecular flexibility index (Phi) is 5.50. The van der Waals surface area contributed by atoms with Crippen molar-refractivity contribution in [2.24, 2.45) is 0 Å². The Bertz CT molecular complexity index is 737. The first kappa shape index (κ1) is 18.3. The summed E-state index contributed by atoms with van der Waals surface area (Å²) in [6.07, 6.45) is 0.958. The molecule has 0 spiro atoms. The van der Waals surface area contributed by atoms with Crippen molar-refractivity contribution >= 4 is 11.6 Å². The first-order chi connectivity index (χ1) is 12.4. The minimum atomic E-state index is -0.0159. The number of para-hydroxylation sites is 2. The number of hydrogen-bond acceptors (Lipinski definition) is 3. The molecule has 1 N–H and O–H groups in total. The van der Waals surface area contributed by atoms with Crippen molar-refractivity contribution in [3.63, 3.8) is 0 Å². The average Bonchev–Trinajstić information content (AvgIpc) is 3.08. The standard InChI is InChI=1S/C22H28N2O2/c1-22(2,3)19-11-7-8-12-20(19)26-16-21(25)24-14-13-18(15-24)23-17-9-5-4-6-10-17/h4-12,18,23H,13-16H2,1-3H3. The normalized spacial score (nSPS) is 17.2. The molecule has 0 aromatic heterocycles. The fourth-order valence-corrected chi connectivity index (χ4v) is 3.32. The second-order valence-electron chi connectivity index (χ2n) is 7.87. The number of nitrogens with zero attached hydrogens (tertiary/aromatic N) is 1. The molecule has 0 bridgehead atoms. The number of carbonyl (C=O) groups is 1. The van der Waals surface area contributed by atoms with Crippen molar-refractivity contribution in [3.8, 4) is 5.75 Å². The molecule has 4 heteroatoms. The number of carbonyl (C=O) groups excluding carboxylic acids is 1. The van der Waals surface area contributed by atoms with E-state index in [1.807, 2.05) is 41.3 Å². The quantitative estimate of drug-likeness (QED) is 0.882. The van der Waals surface area contributed by atoms with Crippen molar-refractivity contribution in [2.45, 2.75) is 38.6 Å². The van der Waals surface area contributed by atoms with Gasteiger partial charge in [-0.3, -0.25) is 4.79 Å². The molecule has 1 aliphatic rings. The van der Waals surface area contributed by atoms with Crippen LogP contribution >= 0.6 is 0 Å². The van der Waals surface area contributed by atoms with Crippen LogP contribution in [-0.4, -0.2) is 36.5 Å². The van der Waals surface area contributed by atoms with Crippen molar-refractivity contribution in [1.82, 2.24) is 4.90 Å². The lowest BCUT2D eigenvalue weighted by Gasteiger charge is -2.23. The van der Waals surface area contributed by atoms with Gasteiger partial charge in [-0.05, 0) is 35.6 Å². The molecule has 2 aromatic rings. The van der Waals surface area contributed by atoms with E-state index in [2.05, 4.69) is 44.3 Å². The molecule has 138 valence electrons. The van der Waals surface area contributed by atoms with E-state index in [0.29, 0.717) is 6.04 Å². The van der Waals surface area contributed by atoms with Crippen LogP contribution < -0.4 is 10.1 Å². The summed E-state index contributed by atoms with van der Waals surface area (Å²) in [4.78, 5) is 14.4. The van der Waals surface area contributed by atoms with E-state index in [0.717, 1.165) is 36.5 Å². The fourth-order valence-electron chi connectivity index (χ4n) is 3.32. The zero-order chi connectivity index (χ0) is 18.6. The van der Waals surface area contributed by atoms with Gasteiger partial charge in [-0.1, -0.05) is 57.2 Å². The molecule has 1 atom stereocenters. The summed E-state index contributed by atoms with van der Waals surface area (Å²) in [7, 11) is 0. The molecular weight excluding hydrogens is 324 g/mol. The molecule has 0 saturated carbocycles. The molecular formula is C22H28N2O2. The van der Waals surface area contributed by atoms with Crippen LogP contribution in [0.3, 0.4) is 0 Å². The molecule has 1 saturated heterocycles. The van der Waals surface area contributed by atoms with Crippen molar-refractivity contribution in [2.75, 3.05) is 25.0 Å². The highest BCUT2D eigenvalue weighted by atomic mass is 16.5. The Balaban J connectivity index is 1.54. The minimum absolute atomic E-state index is 0.0159. The maximum absolute atomic E-state index is 12.6. The fraction of sp³-hybridized carbons (Fsp3) is 0.409. The van der Waals surface area contributed by atoms with E-state index < -0.39 is 0 Å². The zero-order valence-electron chi connectivity index (χ0n) is 15.9. The summed E-state index contributed by atoms with van der Waals surface area (Å²) in [5.74, 6) is 0.845. The van der Waals surface area contributed by atoms with Gasteiger partial charge in [-0.2, -0.15) is 0 Å². The molecule has 1 aliphatic heterocycles. The maximum Gasteiger partial charge on any atom is 0.260 e. The summed E-state index contributed by atoms with van der Waals surface area (Å²) in [6.45, 7) is 8.03. The van der Waals surface area contributed by atoms with Crippen LogP contribution in [0.15, 0.2) is 54.6 Å². The lowest BCUT2D eigenvalue weighted by atomic mass is 9.86. The Morgan fingerprint density at radius 2 is 1.81 bits per heavy atom. The van der Waals surface area contributed by atoms with Crippen molar-refractivity contribution < 1.29 is 9.53 Å². The Labute approximate surface area is 156 Å². The number of ether oxygens (including phenoxy) is 1. The zero-order valence-corrected chi connectivity index (χ0v) is 15.9. The highest BCUT2D eigenvalue weighted by Crippen LogP contribution is 2.31. The number of anilines is 1.